The van der Waals surface area contributed by atoms with Gasteiger partial charge in [-0.25, -0.2) is 0 Å². The number of hydrogen-bond donors (Lipinski definition) is 0. The van der Waals surface area contributed by atoms with E-state index in [2.05, 4.69) is 71.8 Å². The van der Waals surface area contributed by atoms with Gasteiger partial charge in [-0.05, 0) is 12.2 Å². The molecule has 0 bridgehead atoms. The maximum atomic E-state index is 3.86. The normalized spacial score (nSPS) is 15.0. The summed E-state index contributed by atoms with van der Waals surface area (Å²) in [6.07, 6.45) is 16.5. The van der Waals surface area contributed by atoms with Gasteiger partial charge >= 0.3 is 0 Å². The molecular formula is C18H18N2. The summed E-state index contributed by atoms with van der Waals surface area (Å²) in [7, 11) is 0. The van der Waals surface area contributed by atoms with Gasteiger partial charge in [0.15, 0.2) is 0 Å². The lowest BCUT2D eigenvalue weighted by molar-refractivity contribution is 1.02. The Labute approximate surface area is 119 Å². The van der Waals surface area contributed by atoms with E-state index < -0.39 is 0 Å². The molecule has 0 saturated heterocycles. The minimum Gasteiger partial charge on any atom is -0.342 e. The summed E-state index contributed by atoms with van der Waals surface area (Å²) >= 11 is 0. The Morgan fingerprint density at radius 2 is 1.25 bits per heavy atom. The molecule has 0 unspecified atom stereocenters. The fourth-order valence-corrected chi connectivity index (χ4v) is 2.72. The second-order valence-corrected chi connectivity index (χ2v) is 4.84. The largest absolute Gasteiger partial charge is 0.342 e. The molecule has 2 aliphatic heterocycles. The summed E-state index contributed by atoms with van der Waals surface area (Å²) in [4.78, 5) is 4.48. The Bertz CT molecular complexity index is 660. The van der Waals surface area contributed by atoms with Gasteiger partial charge in [0.2, 0.25) is 0 Å². The third kappa shape index (κ3) is 1.99. The van der Waals surface area contributed by atoms with Gasteiger partial charge in [-0.3, -0.25) is 0 Å². The third-order valence-electron chi connectivity index (χ3n) is 3.52. The standard InChI is InChI=1S/C18H18N2/c1-3-11-19-13-5-7-15-9-10-16-8-6-14-20(12-4-2)18(16)17(15)19/h3-10,13-14H,1-2,11-12H2. The SMILES string of the molecule is C=CCN1C=CC=c2ccc3c(c21)N(CC=C)C=CC=3. The van der Waals surface area contributed by atoms with Crippen LogP contribution in [0.3, 0.4) is 0 Å². The molecule has 0 spiro atoms. The topological polar surface area (TPSA) is 6.48 Å². The molecule has 20 heavy (non-hydrogen) atoms. The van der Waals surface area contributed by atoms with Gasteiger partial charge in [0.05, 0.1) is 11.4 Å². The van der Waals surface area contributed by atoms with E-state index in [1.165, 1.54) is 21.8 Å². The van der Waals surface area contributed by atoms with Crippen molar-refractivity contribution < 1.29 is 0 Å². The maximum absolute atomic E-state index is 3.86. The molecule has 0 amide bonds. The Morgan fingerprint density at radius 1 is 0.800 bits per heavy atom. The fraction of sp³-hybridized carbons (Fsp3) is 0.111. The molecular weight excluding hydrogens is 244 g/mol. The summed E-state index contributed by atoms with van der Waals surface area (Å²) in [5, 5.41) is 2.48. The molecule has 1 aromatic carbocycles. The molecule has 3 rings (SSSR count). The van der Waals surface area contributed by atoms with Crippen molar-refractivity contribution >= 4 is 23.5 Å². The number of rotatable bonds is 4. The average molecular weight is 262 g/mol. The van der Waals surface area contributed by atoms with Gasteiger partial charge in [-0.15, -0.1) is 13.2 Å². The van der Waals surface area contributed by atoms with E-state index in [0.717, 1.165) is 13.1 Å². The van der Waals surface area contributed by atoms with Gasteiger partial charge in [0.1, 0.15) is 0 Å². The smallest absolute Gasteiger partial charge is 0.0730 e. The quantitative estimate of drug-likeness (QED) is 0.768. The summed E-state index contributed by atoms with van der Waals surface area (Å²) in [5.41, 5.74) is 2.49. The summed E-state index contributed by atoms with van der Waals surface area (Å²) < 4.78 is 0. The van der Waals surface area contributed by atoms with E-state index in [9.17, 15) is 0 Å². The zero-order chi connectivity index (χ0) is 13.9. The lowest BCUT2D eigenvalue weighted by atomic mass is 10.1. The van der Waals surface area contributed by atoms with Crippen molar-refractivity contribution in [3.8, 4) is 0 Å². The number of allylic oxidation sites excluding steroid dienone is 2. The highest BCUT2D eigenvalue weighted by Crippen LogP contribution is 2.26. The van der Waals surface area contributed by atoms with Crippen molar-refractivity contribution in [1.29, 1.82) is 0 Å². The second kappa shape index (κ2) is 5.25. The van der Waals surface area contributed by atoms with Crippen LogP contribution < -0.4 is 20.2 Å². The molecule has 0 N–H and O–H groups in total. The monoisotopic (exact) mass is 262 g/mol. The first-order chi connectivity index (χ1) is 9.85. The van der Waals surface area contributed by atoms with Crippen LogP contribution in [-0.2, 0) is 0 Å². The van der Waals surface area contributed by atoms with Crippen molar-refractivity contribution in [3.05, 3.63) is 72.4 Å². The van der Waals surface area contributed by atoms with E-state index in [0.29, 0.717) is 0 Å². The predicted octanol–water partition coefficient (Wildman–Crippen LogP) is 2.29. The van der Waals surface area contributed by atoms with Gasteiger partial charge in [0, 0.05) is 35.9 Å². The summed E-state index contributed by atoms with van der Waals surface area (Å²) in [6.45, 7) is 9.33. The first-order valence-electron chi connectivity index (χ1n) is 6.80. The number of nitrogens with zero attached hydrogens (tertiary/aromatic N) is 2. The maximum Gasteiger partial charge on any atom is 0.0730 e. The molecule has 1 aromatic rings. The minimum absolute atomic E-state index is 0.805. The molecule has 2 aliphatic rings. The number of fused-ring (bicyclic) bond motifs is 3. The molecule has 0 aromatic heterocycles. The molecule has 0 fully saturated rings. The summed E-state index contributed by atoms with van der Waals surface area (Å²) in [6, 6.07) is 4.35. The molecule has 2 heteroatoms. The molecule has 0 atom stereocenters. The zero-order valence-electron chi connectivity index (χ0n) is 11.5. The van der Waals surface area contributed by atoms with Crippen LogP contribution in [0, 0.1) is 0 Å². The van der Waals surface area contributed by atoms with Crippen molar-refractivity contribution in [2.24, 2.45) is 0 Å². The Morgan fingerprint density at radius 3 is 1.65 bits per heavy atom. The number of anilines is 2. The van der Waals surface area contributed by atoms with Crippen LogP contribution in [0.2, 0.25) is 0 Å². The fourth-order valence-electron chi connectivity index (χ4n) is 2.72. The first-order valence-corrected chi connectivity index (χ1v) is 6.80. The molecule has 0 aliphatic carbocycles. The Kier molecular flexibility index (Phi) is 3.30. The van der Waals surface area contributed by atoms with Gasteiger partial charge in [-0.1, -0.05) is 36.4 Å². The predicted molar refractivity (Wildman–Crippen MR) is 88.0 cm³/mol. The number of benzene rings is 1. The van der Waals surface area contributed by atoms with Crippen molar-refractivity contribution in [2.75, 3.05) is 22.9 Å². The van der Waals surface area contributed by atoms with E-state index in [1.807, 2.05) is 12.2 Å². The molecule has 2 heterocycles. The molecule has 0 saturated carbocycles. The Balaban J connectivity index is 2.25. The van der Waals surface area contributed by atoms with Crippen molar-refractivity contribution in [1.82, 2.24) is 0 Å². The second-order valence-electron chi connectivity index (χ2n) is 4.84. The van der Waals surface area contributed by atoms with Gasteiger partial charge < -0.3 is 9.80 Å². The first kappa shape index (κ1) is 12.5. The van der Waals surface area contributed by atoms with E-state index in [1.54, 1.807) is 0 Å². The van der Waals surface area contributed by atoms with Crippen molar-refractivity contribution in [3.63, 3.8) is 0 Å². The van der Waals surface area contributed by atoms with Crippen LogP contribution in [0.1, 0.15) is 0 Å². The highest BCUT2D eigenvalue weighted by Gasteiger charge is 2.18. The minimum atomic E-state index is 0.805. The van der Waals surface area contributed by atoms with Crippen molar-refractivity contribution in [2.45, 2.75) is 0 Å². The molecule has 0 radical (unpaired) electrons. The lowest BCUT2D eigenvalue weighted by Crippen LogP contribution is -2.34. The highest BCUT2D eigenvalue weighted by molar-refractivity contribution is 5.80. The van der Waals surface area contributed by atoms with Gasteiger partial charge in [-0.2, -0.15) is 0 Å². The molecule has 100 valence electrons. The average Bonchev–Trinajstić information content (AvgIpc) is 2.48. The number of hydrogen-bond acceptors (Lipinski definition) is 2. The zero-order valence-corrected chi connectivity index (χ0v) is 11.5. The Hall–Kier alpha value is -2.48. The van der Waals surface area contributed by atoms with Crippen LogP contribution in [0.5, 0.6) is 0 Å². The summed E-state index contributed by atoms with van der Waals surface area (Å²) in [5.74, 6) is 0. The van der Waals surface area contributed by atoms with E-state index >= 15 is 0 Å². The van der Waals surface area contributed by atoms with Crippen LogP contribution in [0.4, 0.5) is 11.4 Å². The van der Waals surface area contributed by atoms with E-state index in [-0.39, 0.29) is 0 Å². The van der Waals surface area contributed by atoms with E-state index in [4.69, 9.17) is 0 Å². The van der Waals surface area contributed by atoms with Crippen LogP contribution in [0.15, 0.2) is 62.0 Å². The third-order valence-corrected chi connectivity index (χ3v) is 3.52. The highest BCUT2D eigenvalue weighted by atomic mass is 15.2. The van der Waals surface area contributed by atoms with Crippen LogP contribution >= 0.6 is 0 Å². The molecule has 2 nitrogen and oxygen atoms in total. The van der Waals surface area contributed by atoms with Gasteiger partial charge in [0.25, 0.3) is 0 Å². The van der Waals surface area contributed by atoms with Crippen LogP contribution in [0.25, 0.3) is 12.2 Å². The van der Waals surface area contributed by atoms with Crippen LogP contribution in [-0.4, -0.2) is 13.1 Å². The lowest BCUT2D eigenvalue weighted by Gasteiger charge is -2.31.